The molecule has 1 amide bonds. The van der Waals surface area contributed by atoms with Crippen molar-refractivity contribution in [3.63, 3.8) is 0 Å². The number of sulfonamides is 1. The number of nitrogens with one attached hydrogen (secondary N) is 1. The van der Waals surface area contributed by atoms with Crippen LogP contribution in [0.15, 0.2) is 41.4 Å². The van der Waals surface area contributed by atoms with Gasteiger partial charge in [-0.05, 0) is 36.2 Å². The first-order valence-corrected chi connectivity index (χ1v) is 12.0. The van der Waals surface area contributed by atoms with Crippen molar-refractivity contribution in [2.45, 2.75) is 32.2 Å². The van der Waals surface area contributed by atoms with Crippen molar-refractivity contribution in [3.05, 3.63) is 53.2 Å². The number of morpholine rings is 1. The minimum Gasteiger partial charge on any atom is -0.378 e. The second kappa shape index (κ2) is 10.2. The summed E-state index contributed by atoms with van der Waals surface area (Å²) in [6.07, 6.45) is 1.75. The number of aryl methyl sites for hydroxylation is 1. The van der Waals surface area contributed by atoms with Gasteiger partial charge in [0.1, 0.15) is 5.82 Å². The Morgan fingerprint density at radius 1 is 1.16 bits per heavy atom. The second-order valence-corrected chi connectivity index (χ2v) is 9.31. The van der Waals surface area contributed by atoms with Crippen LogP contribution in [0.25, 0.3) is 0 Å². The number of carbonyl (C=O) groups is 1. The summed E-state index contributed by atoms with van der Waals surface area (Å²) in [5.74, 6) is 0.579. The predicted octanol–water partition coefficient (Wildman–Crippen LogP) is 2.19. The van der Waals surface area contributed by atoms with E-state index >= 15 is 0 Å². The molecule has 0 saturated carbocycles. The van der Waals surface area contributed by atoms with Gasteiger partial charge in [0, 0.05) is 44.5 Å². The number of hydrogen-bond acceptors (Lipinski definition) is 6. The summed E-state index contributed by atoms with van der Waals surface area (Å²) < 4.78 is 32.3. The Morgan fingerprint density at radius 3 is 2.48 bits per heavy atom. The van der Waals surface area contributed by atoms with E-state index in [0.29, 0.717) is 38.4 Å². The van der Waals surface area contributed by atoms with Crippen LogP contribution in [-0.2, 0) is 21.3 Å². The number of hydrogen-bond donors (Lipinski definition) is 1. The van der Waals surface area contributed by atoms with Gasteiger partial charge in [0.25, 0.3) is 5.91 Å². The van der Waals surface area contributed by atoms with Crippen LogP contribution in [0.3, 0.4) is 0 Å². The van der Waals surface area contributed by atoms with E-state index in [0.717, 1.165) is 30.0 Å². The number of nitrogens with zero attached hydrogens (tertiary/aromatic N) is 3. The number of amides is 1. The Balaban J connectivity index is 1.69. The highest BCUT2D eigenvalue weighted by Crippen LogP contribution is 2.20. The van der Waals surface area contributed by atoms with Crippen molar-refractivity contribution < 1.29 is 17.9 Å². The van der Waals surface area contributed by atoms with Crippen LogP contribution in [0.1, 0.15) is 35.3 Å². The summed E-state index contributed by atoms with van der Waals surface area (Å²) in [6, 6.07) is 8.55. The summed E-state index contributed by atoms with van der Waals surface area (Å²) in [5, 5.41) is 2.87. The minimum absolute atomic E-state index is 0.128. The van der Waals surface area contributed by atoms with E-state index in [1.807, 2.05) is 12.1 Å². The third-order valence-corrected chi connectivity index (χ3v) is 7.44. The van der Waals surface area contributed by atoms with E-state index in [9.17, 15) is 13.2 Å². The highest BCUT2D eigenvalue weighted by atomic mass is 32.2. The molecular formula is C22H30N4O4S. The van der Waals surface area contributed by atoms with E-state index in [2.05, 4.69) is 15.2 Å². The van der Waals surface area contributed by atoms with Crippen molar-refractivity contribution in [2.75, 3.05) is 44.3 Å². The highest BCUT2D eigenvalue weighted by molar-refractivity contribution is 7.89. The van der Waals surface area contributed by atoms with Crippen LogP contribution in [0, 0.1) is 6.92 Å². The van der Waals surface area contributed by atoms with Gasteiger partial charge in [0.15, 0.2) is 0 Å². The molecule has 9 heteroatoms. The van der Waals surface area contributed by atoms with Crippen molar-refractivity contribution in [2.24, 2.45) is 0 Å². The van der Waals surface area contributed by atoms with Crippen LogP contribution in [0.2, 0.25) is 0 Å². The SMILES string of the molecule is CCN(CC)S(=O)(=O)c1ccc(C)c(C(=O)NCc2ccc(N3CCOCC3)nc2)c1. The maximum absolute atomic E-state index is 12.8. The zero-order valence-corrected chi connectivity index (χ0v) is 19.1. The lowest BCUT2D eigenvalue weighted by molar-refractivity contribution is 0.0950. The zero-order chi connectivity index (χ0) is 22.4. The molecule has 0 unspecified atom stereocenters. The van der Waals surface area contributed by atoms with Crippen molar-refractivity contribution in [1.82, 2.24) is 14.6 Å². The lowest BCUT2D eigenvalue weighted by Crippen LogP contribution is -2.36. The molecule has 2 heterocycles. The maximum Gasteiger partial charge on any atom is 0.251 e. The Labute approximate surface area is 184 Å². The number of aromatic nitrogens is 1. The van der Waals surface area contributed by atoms with Crippen molar-refractivity contribution in [1.29, 1.82) is 0 Å². The van der Waals surface area contributed by atoms with Gasteiger partial charge < -0.3 is 15.0 Å². The summed E-state index contributed by atoms with van der Waals surface area (Å²) in [4.78, 5) is 19.6. The Kier molecular flexibility index (Phi) is 7.64. The highest BCUT2D eigenvalue weighted by Gasteiger charge is 2.23. The monoisotopic (exact) mass is 446 g/mol. The van der Waals surface area contributed by atoms with Crippen molar-refractivity contribution >= 4 is 21.7 Å². The number of pyridine rings is 1. The molecule has 1 saturated heterocycles. The molecule has 0 aliphatic carbocycles. The Hall–Kier alpha value is -2.49. The van der Waals surface area contributed by atoms with Crippen LogP contribution < -0.4 is 10.2 Å². The van der Waals surface area contributed by atoms with Crippen LogP contribution >= 0.6 is 0 Å². The van der Waals surface area contributed by atoms with Crippen LogP contribution in [0.4, 0.5) is 5.82 Å². The summed E-state index contributed by atoms with van der Waals surface area (Å²) in [6.45, 7) is 9.46. The van der Waals surface area contributed by atoms with E-state index in [1.165, 1.54) is 10.4 Å². The summed E-state index contributed by atoms with van der Waals surface area (Å²) in [7, 11) is -3.63. The van der Waals surface area contributed by atoms with E-state index in [1.54, 1.807) is 39.1 Å². The molecule has 1 fully saturated rings. The average molecular weight is 447 g/mol. The Morgan fingerprint density at radius 2 is 1.87 bits per heavy atom. The number of ether oxygens (including phenoxy) is 1. The number of anilines is 1. The topological polar surface area (TPSA) is 91.8 Å². The second-order valence-electron chi connectivity index (χ2n) is 7.37. The largest absolute Gasteiger partial charge is 0.378 e. The first-order chi connectivity index (χ1) is 14.9. The quantitative estimate of drug-likeness (QED) is 0.668. The first-order valence-electron chi connectivity index (χ1n) is 10.5. The van der Waals surface area contributed by atoms with E-state index in [4.69, 9.17) is 4.74 Å². The molecule has 168 valence electrons. The molecule has 3 rings (SSSR count). The standard InChI is InChI=1S/C22H30N4O4S/c1-4-26(5-2)31(28,29)19-8-6-17(3)20(14-19)22(27)24-16-18-7-9-21(23-15-18)25-10-12-30-13-11-25/h6-9,14-15H,4-5,10-13,16H2,1-3H3,(H,24,27). The molecule has 0 radical (unpaired) electrons. The number of benzene rings is 1. The fourth-order valence-corrected chi connectivity index (χ4v) is 4.98. The van der Waals surface area contributed by atoms with Gasteiger partial charge in [0.05, 0.1) is 18.1 Å². The molecule has 0 spiro atoms. The molecule has 1 N–H and O–H groups in total. The van der Waals surface area contributed by atoms with Gasteiger partial charge in [-0.15, -0.1) is 0 Å². The number of rotatable bonds is 8. The van der Waals surface area contributed by atoms with E-state index < -0.39 is 10.0 Å². The lowest BCUT2D eigenvalue weighted by atomic mass is 10.1. The molecule has 1 aliphatic rings. The van der Waals surface area contributed by atoms with Gasteiger partial charge in [0.2, 0.25) is 10.0 Å². The molecule has 31 heavy (non-hydrogen) atoms. The van der Waals surface area contributed by atoms with Gasteiger partial charge >= 0.3 is 0 Å². The summed E-state index contributed by atoms with van der Waals surface area (Å²) >= 11 is 0. The fraction of sp³-hybridized carbons (Fsp3) is 0.455. The zero-order valence-electron chi connectivity index (χ0n) is 18.3. The normalized spacial score (nSPS) is 14.6. The average Bonchev–Trinajstić information content (AvgIpc) is 2.79. The molecule has 1 aromatic carbocycles. The minimum atomic E-state index is -3.63. The first kappa shape index (κ1) is 23.2. The predicted molar refractivity (Wildman–Crippen MR) is 120 cm³/mol. The van der Waals surface area contributed by atoms with Crippen LogP contribution in [-0.4, -0.2) is 63.0 Å². The van der Waals surface area contributed by atoms with Gasteiger partial charge in [-0.1, -0.05) is 26.0 Å². The van der Waals surface area contributed by atoms with Crippen LogP contribution in [0.5, 0.6) is 0 Å². The van der Waals surface area contributed by atoms with E-state index in [-0.39, 0.29) is 10.8 Å². The third-order valence-electron chi connectivity index (χ3n) is 5.39. The molecule has 8 nitrogen and oxygen atoms in total. The van der Waals surface area contributed by atoms with Gasteiger partial charge in [-0.2, -0.15) is 4.31 Å². The summed E-state index contributed by atoms with van der Waals surface area (Å²) in [5.41, 5.74) is 1.94. The number of carbonyl (C=O) groups excluding carboxylic acids is 1. The van der Waals surface area contributed by atoms with Crippen molar-refractivity contribution in [3.8, 4) is 0 Å². The van der Waals surface area contributed by atoms with Gasteiger partial charge in [-0.3, -0.25) is 4.79 Å². The molecule has 0 bridgehead atoms. The maximum atomic E-state index is 12.8. The molecule has 0 atom stereocenters. The van der Waals surface area contributed by atoms with Gasteiger partial charge in [-0.25, -0.2) is 13.4 Å². The smallest absolute Gasteiger partial charge is 0.251 e. The lowest BCUT2D eigenvalue weighted by Gasteiger charge is -2.27. The molecule has 1 aliphatic heterocycles. The Bertz CT molecular complexity index is 999. The molecule has 1 aromatic heterocycles. The third kappa shape index (κ3) is 5.41. The molecule has 2 aromatic rings. The fourth-order valence-electron chi connectivity index (χ4n) is 3.50. The molecular weight excluding hydrogens is 416 g/mol.